The summed E-state index contributed by atoms with van der Waals surface area (Å²) < 4.78 is 35.1. The van der Waals surface area contributed by atoms with Crippen LogP contribution in [-0.2, 0) is 26.6 Å². The fourth-order valence-corrected chi connectivity index (χ4v) is 14.2. The van der Waals surface area contributed by atoms with E-state index < -0.39 is 17.6 Å². The van der Waals surface area contributed by atoms with Gasteiger partial charge in [-0.25, -0.2) is 0 Å². The number of hydrogen-bond acceptors (Lipinski definition) is 12. The molecule has 0 saturated carbocycles. The summed E-state index contributed by atoms with van der Waals surface area (Å²) in [6, 6.07) is 0. The zero-order valence-electron chi connectivity index (χ0n) is 21.8. The van der Waals surface area contributed by atoms with Crippen LogP contribution in [0, 0.1) is 0 Å². The summed E-state index contributed by atoms with van der Waals surface area (Å²) >= 11 is 11.1. The van der Waals surface area contributed by atoms with E-state index in [1.807, 2.05) is 14.1 Å². The van der Waals surface area contributed by atoms with Gasteiger partial charge in [-0.2, -0.15) is 0 Å². The van der Waals surface area contributed by atoms with Crippen LogP contribution in [0.3, 0.4) is 0 Å². The van der Waals surface area contributed by atoms with Crippen molar-refractivity contribution in [3.05, 3.63) is 0 Å². The molecule has 0 aromatic heterocycles. The Bertz CT molecular complexity index is 541. The minimum absolute atomic E-state index is 0.167. The van der Waals surface area contributed by atoms with Gasteiger partial charge in [-0.15, -0.1) is 0 Å². The third kappa shape index (κ3) is 11.0. The van der Waals surface area contributed by atoms with E-state index in [0.717, 1.165) is 34.6 Å². The smallest absolute Gasteiger partial charge is 0.377 e. The number of rotatable bonds is 17. The van der Waals surface area contributed by atoms with Crippen LogP contribution in [0.5, 0.6) is 0 Å². The first kappa shape index (κ1) is 35.4. The second-order valence-corrected chi connectivity index (χ2v) is 21.3. The molecule has 0 aromatic carbocycles. The Morgan fingerprint density at radius 1 is 0.647 bits per heavy atom. The Hall–Kier alpha value is 1.37. The van der Waals surface area contributed by atoms with Gasteiger partial charge in [0.25, 0.3) is 0 Å². The molecule has 2 atom stereocenters. The van der Waals surface area contributed by atoms with Crippen molar-refractivity contribution in [3.63, 3.8) is 0 Å². The van der Waals surface area contributed by atoms with Crippen molar-refractivity contribution in [1.82, 2.24) is 9.80 Å². The normalized spacial score (nSPS) is 14.1. The lowest BCUT2D eigenvalue weighted by Gasteiger charge is -2.31. The molecule has 16 heteroatoms. The van der Waals surface area contributed by atoms with Gasteiger partial charge in [-0.05, 0) is 54.1 Å². The molecule has 0 amide bonds. The fourth-order valence-electron chi connectivity index (χ4n) is 3.23. The average molecular weight is 629 g/mol. The molecule has 0 rings (SSSR count). The van der Waals surface area contributed by atoms with Crippen molar-refractivity contribution in [2.45, 2.75) is 37.8 Å². The van der Waals surface area contributed by atoms with Crippen LogP contribution in [-0.4, -0.2) is 106 Å². The molecule has 0 radical (unpaired) electrons. The largest absolute Gasteiger partial charge is 0.503 e. The third-order valence-corrected chi connectivity index (χ3v) is 19.6. The molecule has 0 bridgehead atoms. The predicted molar refractivity (Wildman–Crippen MR) is 162 cm³/mol. The molecule has 34 heavy (non-hydrogen) atoms. The van der Waals surface area contributed by atoms with Gasteiger partial charge in [0.2, 0.25) is 0 Å². The molecule has 0 aromatic rings. The van der Waals surface area contributed by atoms with Crippen molar-refractivity contribution in [2.24, 2.45) is 0 Å². The molecule has 0 heterocycles. The lowest BCUT2D eigenvalue weighted by Crippen LogP contribution is -2.47. The van der Waals surface area contributed by atoms with Crippen molar-refractivity contribution < 1.29 is 26.6 Å². The summed E-state index contributed by atoms with van der Waals surface area (Å²) in [5.74, 6) is 0. The van der Waals surface area contributed by atoms with Gasteiger partial charge < -0.3 is 36.4 Å². The van der Waals surface area contributed by atoms with E-state index in [4.69, 9.17) is 51.0 Å². The SMILES string of the molecule is CO[Si](OC)(OC)C(C)CCN(C)C(=S)SSSSC(=S)N(C)CCC(C)[Si](OC)(OC)OC. The van der Waals surface area contributed by atoms with Gasteiger partial charge >= 0.3 is 17.6 Å². The minimum atomic E-state index is -2.64. The maximum absolute atomic E-state index is 5.57. The highest BCUT2D eigenvalue weighted by Gasteiger charge is 2.45. The van der Waals surface area contributed by atoms with Crippen LogP contribution in [0.1, 0.15) is 26.7 Å². The summed E-state index contributed by atoms with van der Waals surface area (Å²) in [6.07, 6.45) is 1.72. The maximum atomic E-state index is 5.57. The first-order valence-corrected chi connectivity index (χ1v) is 19.8. The van der Waals surface area contributed by atoms with E-state index >= 15 is 0 Å². The average Bonchev–Trinajstić information content (AvgIpc) is 2.85. The quantitative estimate of drug-likeness (QED) is 0.0892. The summed E-state index contributed by atoms with van der Waals surface area (Å²) in [5, 5.41) is 0. The predicted octanol–water partition coefficient (Wildman–Crippen LogP) is 5.41. The highest BCUT2D eigenvalue weighted by molar-refractivity contribution is 9.29. The first-order chi connectivity index (χ1) is 16.0. The number of nitrogens with zero attached hydrogens (tertiary/aromatic N) is 2. The van der Waals surface area contributed by atoms with Crippen LogP contribution in [0.25, 0.3) is 0 Å². The van der Waals surface area contributed by atoms with Crippen molar-refractivity contribution >= 4 is 91.9 Å². The second-order valence-electron chi connectivity index (χ2n) is 7.49. The molecule has 0 spiro atoms. The monoisotopic (exact) mass is 628 g/mol. The Labute approximate surface area is 234 Å². The van der Waals surface area contributed by atoms with Crippen LogP contribution >= 0.6 is 65.7 Å². The van der Waals surface area contributed by atoms with E-state index in [1.54, 1.807) is 83.9 Å². The standard InChI is InChI=1S/C18H40N2O6S6Si2/c1-15(33(21-5,22-6)23-7)11-13-19(3)17(27)29-31-32-30-18(28)20(4)14-12-16(2)34(24-8,25-9)26-10/h15-16H,11-14H2,1-10H3. The van der Waals surface area contributed by atoms with E-state index in [9.17, 15) is 0 Å². The van der Waals surface area contributed by atoms with Gasteiger partial charge in [0.05, 0.1) is 0 Å². The summed E-state index contributed by atoms with van der Waals surface area (Å²) in [6.45, 7) is 5.78. The molecule has 0 aliphatic carbocycles. The lowest BCUT2D eigenvalue weighted by molar-refractivity contribution is 0.110. The van der Waals surface area contributed by atoms with Crippen molar-refractivity contribution in [2.75, 3.05) is 69.8 Å². The number of thiocarbonyl (C=S) groups is 2. The molecule has 0 saturated heterocycles. The molecular formula is C18H40N2O6S6Si2. The molecular weight excluding hydrogens is 589 g/mol. The van der Waals surface area contributed by atoms with E-state index in [2.05, 4.69) is 23.6 Å². The highest BCUT2D eigenvalue weighted by atomic mass is 33.7. The molecule has 0 fully saturated rings. The Balaban J connectivity index is 4.33. The zero-order valence-corrected chi connectivity index (χ0v) is 28.7. The molecule has 0 aliphatic rings. The van der Waals surface area contributed by atoms with Crippen LogP contribution in [0.15, 0.2) is 0 Å². The van der Waals surface area contributed by atoms with Gasteiger partial charge in [-0.3, -0.25) is 0 Å². The van der Waals surface area contributed by atoms with Crippen LogP contribution in [0.4, 0.5) is 0 Å². The zero-order chi connectivity index (χ0) is 26.4. The molecule has 0 N–H and O–H groups in total. The Kier molecular flexibility index (Phi) is 19.3. The topological polar surface area (TPSA) is 61.9 Å². The van der Waals surface area contributed by atoms with Gasteiger partial charge in [0, 0.05) is 80.9 Å². The van der Waals surface area contributed by atoms with E-state index in [0.29, 0.717) is 0 Å². The number of hydrogen-bond donors (Lipinski definition) is 0. The van der Waals surface area contributed by atoms with Crippen molar-refractivity contribution in [3.8, 4) is 0 Å². The fraction of sp³-hybridized carbons (Fsp3) is 0.889. The third-order valence-electron chi connectivity index (χ3n) is 5.57. The van der Waals surface area contributed by atoms with Crippen molar-refractivity contribution in [1.29, 1.82) is 0 Å². The molecule has 2 unspecified atom stereocenters. The highest BCUT2D eigenvalue weighted by Crippen LogP contribution is 2.45. The van der Waals surface area contributed by atoms with Gasteiger partial charge in [0.1, 0.15) is 8.64 Å². The maximum Gasteiger partial charge on any atom is 0.503 e. The second kappa shape index (κ2) is 18.6. The lowest BCUT2D eigenvalue weighted by atomic mass is 10.3. The van der Waals surface area contributed by atoms with Gasteiger partial charge in [-0.1, -0.05) is 38.3 Å². The summed E-state index contributed by atoms with van der Waals surface area (Å²) in [5.41, 5.74) is 0.334. The Morgan fingerprint density at radius 2 is 0.912 bits per heavy atom. The minimum Gasteiger partial charge on any atom is -0.377 e. The first-order valence-electron chi connectivity index (χ1n) is 10.5. The van der Waals surface area contributed by atoms with E-state index in [1.165, 1.54) is 0 Å². The molecule has 202 valence electrons. The Morgan fingerprint density at radius 3 is 1.15 bits per heavy atom. The molecule has 8 nitrogen and oxygen atoms in total. The van der Waals surface area contributed by atoms with Crippen LogP contribution < -0.4 is 0 Å². The summed E-state index contributed by atoms with van der Waals surface area (Å²) in [4.78, 5) is 4.14. The van der Waals surface area contributed by atoms with Crippen LogP contribution in [0.2, 0.25) is 11.1 Å². The molecule has 0 aliphatic heterocycles. The summed E-state index contributed by atoms with van der Waals surface area (Å²) in [7, 11) is 14.9. The van der Waals surface area contributed by atoms with Gasteiger partial charge in [0.15, 0.2) is 0 Å². The van der Waals surface area contributed by atoms with E-state index in [-0.39, 0.29) is 11.1 Å².